The second-order valence-electron chi connectivity index (χ2n) is 6.87. The average Bonchev–Trinajstić information content (AvgIpc) is 2.68. The molecule has 1 aromatic carbocycles. The first kappa shape index (κ1) is 13.6. The number of benzene rings is 1. The Bertz CT molecular complexity index is 400. The molecule has 18 heavy (non-hydrogen) atoms. The first-order valence-corrected chi connectivity index (χ1v) is 7.12. The van der Waals surface area contributed by atoms with Crippen LogP contribution in [0.2, 0.25) is 0 Å². The van der Waals surface area contributed by atoms with E-state index in [9.17, 15) is 0 Å². The van der Waals surface area contributed by atoms with E-state index in [-0.39, 0.29) is 0 Å². The zero-order valence-corrected chi connectivity index (χ0v) is 12.7. The molecule has 1 fully saturated rings. The Balaban J connectivity index is 2.28. The summed E-state index contributed by atoms with van der Waals surface area (Å²) in [5, 5.41) is 3.69. The van der Waals surface area contributed by atoms with Crippen LogP contribution in [-0.4, -0.2) is 6.54 Å². The third-order valence-electron chi connectivity index (χ3n) is 5.33. The number of rotatable bonds is 4. The first-order chi connectivity index (χ1) is 8.32. The summed E-state index contributed by atoms with van der Waals surface area (Å²) >= 11 is 0. The van der Waals surface area contributed by atoms with Crippen molar-refractivity contribution in [3.63, 3.8) is 0 Å². The van der Waals surface area contributed by atoms with Gasteiger partial charge in [0.2, 0.25) is 0 Å². The van der Waals surface area contributed by atoms with E-state index in [1.54, 1.807) is 0 Å². The molecule has 0 aromatic heterocycles. The van der Waals surface area contributed by atoms with Gasteiger partial charge in [-0.15, -0.1) is 0 Å². The molecule has 0 aliphatic heterocycles. The maximum atomic E-state index is 3.69. The van der Waals surface area contributed by atoms with Gasteiger partial charge in [-0.25, -0.2) is 0 Å². The van der Waals surface area contributed by atoms with Crippen molar-refractivity contribution in [3.8, 4) is 0 Å². The van der Waals surface area contributed by atoms with E-state index in [1.807, 2.05) is 0 Å². The van der Waals surface area contributed by atoms with Gasteiger partial charge in [-0.2, -0.15) is 0 Å². The van der Waals surface area contributed by atoms with E-state index >= 15 is 0 Å². The lowest BCUT2D eigenvalue weighted by Gasteiger charge is -2.21. The molecule has 100 valence electrons. The first-order valence-electron chi connectivity index (χ1n) is 7.12. The van der Waals surface area contributed by atoms with Crippen LogP contribution in [0.25, 0.3) is 0 Å². The van der Waals surface area contributed by atoms with E-state index in [0.717, 1.165) is 6.54 Å². The number of hydrogen-bond donors (Lipinski definition) is 1. The molecule has 1 aromatic rings. The van der Waals surface area contributed by atoms with Crippen molar-refractivity contribution in [3.05, 3.63) is 35.4 Å². The summed E-state index contributed by atoms with van der Waals surface area (Å²) in [5.74, 6) is 0.715. The Morgan fingerprint density at radius 1 is 1.06 bits per heavy atom. The molecule has 1 N–H and O–H groups in total. The molecule has 1 heteroatoms. The van der Waals surface area contributed by atoms with Crippen molar-refractivity contribution in [2.24, 2.45) is 16.7 Å². The molecule has 2 rings (SSSR count). The number of hydrogen-bond acceptors (Lipinski definition) is 1. The van der Waals surface area contributed by atoms with Crippen LogP contribution in [0.4, 0.5) is 0 Å². The molecule has 0 bridgehead atoms. The van der Waals surface area contributed by atoms with Gasteiger partial charge < -0.3 is 5.32 Å². The summed E-state index contributed by atoms with van der Waals surface area (Å²) in [6.45, 7) is 15.0. The fourth-order valence-electron chi connectivity index (χ4n) is 3.50. The normalized spacial score (nSPS) is 22.8. The highest BCUT2D eigenvalue weighted by Crippen LogP contribution is 2.72. The molecule has 1 aliphatic rings. The maximum absolute atomic E-state index is 3.69. The van der Waals surface area contributed by atoms with Gasteiger partial charge in [0, 0.05) is 6.04 Å². The third-order valence-corrected chi connectivity index (χ3v) is 5.33. The Kier molecular flexibility index (Phi) is 3.31. The van der Waals surface area contributed by atoms with Crippen LogP contribution >= 0.6 is 0 Å². The maximum Gasteiger partial charge on any atom is 0.0359 e. The van der Waals surface area contributed by atoms with Gasteiger partial charge in [-0.05, 0) is 35.8 Å². The minimum atomic E-state index is 0.421. The molecule has 1 saturated carbocycles. The molecular formula is C17H27N. The summed E-state index contributed by atoms with van der Waals surface area (Å²) in [5.41, 5.74) is 3.62. The second kappa shape index (κ2) is 4.38. The highest BCUT2D eigenvalue weighted by molar-refractivity contribution is 5.29. The molecule has 1 aliphatic carbocycles. The van der Waals surface area contributed by atoms with Crippen LogP contribution in [0, 0.1) is 23.7 Å². The molecule has 1 unspecified atom stereocenters. The van der Waals surface area contributed by atoms with Crippen molar-refractivity contribution >= 4 is 0 Å². The van der Waals surface area contributed by atoms with Crippen molar-refractivity contribution in [2.45, 2.75) is 47.6 Å². The quantitative estimate of drug-likeness (QED) is 0.832. The Morgan fingerprint density at radius 3 is 1.94 bits per heavy atom. The van der Waals surface area contributed by atoms with Gasteiger partial charge in [0.1, 0.15) is 0 Å². The average molecular weight is 245 g/mol. The van der Waals surface area contributed by atoms with Gasteiger partial charge in [0.15, 0.2) is 0 Å². The molecule has 0 heterocycles. The fraction of sp³-hybridized carbons (Fsp3) is 0.647. The molecule has 0 saturated heterocycles. The van der Waals surface area contributed by atoms with Crippen molar-refractivity contribution < 1.29 is 0 Å². The van der Waals surface area contributed by atoms with Crippen LogP contribution in [0.3, 0.4) is 0 Å². The van der Waals surface area contributed by atoms with Gasteiger partial charge in [-0.3, -0.25) is 0 Å². The van der Waals surface area contributed by atoms with E-state index in [4.69, 9.17) is 0 Å². The van der Waals surface area contributed by atoms with Crippen LogP contribution in [0.15, 0.2) is 24.3 Å². The van der Waals surface area contributed by atoms with Gasteiger partial charge in [0.05, 0.1) is 0 Å². The predicted octanol–water partition coefficient (Wildman–Crippen LogP) is 4.33. The highest BCUT2D eigenvalue weighted by Gasteiger charge is 2.67. The Hall–Kier alpha value is -0.820. The van der Waals surface area contributed by atoms with Crippen molar-refractivity contribution in [2.75, 3.05) is 6.54 Å². The lowest BCUT2D eigenvalue weighted by Crippen LogP contribution is -2.25. The zero-order valence-electron chi connectivity index (χ0n) is 12.7. The van der Waals surface area contributed by atoms with E-state index in [0.29, 0.717) is 22.8 Å². The molecule has 1 atom stereocenters. The molecule has 0 amide bonds. The van der Waals surface area contributed by atoms with Gasteiger partial charge >= 0.3 is 0 Å². The monoisotopic (exact) mass is 245 g/mol. The Morgan fingerprint density at radius 2 is 1.56 bits per heavy atom. The minimum absolute atomic E-state index is 0.421. The zero-order chi connectivity index (χ0) is 13.6. The fourth-order valence-corrected chi connectivity index (χ4v) is 3.50. The van der Waals surface area contributed by atoms with E-state index in [1.165, 1.54) is 11.1 Å². The summed E-state index contributed by atoms with van der Waals surface area (Å²) < 4.78 is 0. The van der Waals surface area contributed by atoms with Crippen LogP contribution in [-0.2, 0) is 0 Å². The lowest BCUT2D eigenvalue weighted by molar-refractivity contribution is 0.418. The van der Waals surface area contributed by atoms with E-state index < -0.39 is 0 Å². The van der Waals surface area contributed by atoms with Crippen LogP contribution < -0.4 is 5.32 Å². The topological polar surface area (TPSA) is 12.0 Å². The SMILES string of the molecule is CCNC(c1ccc(C)cc1)C1C(C)(C)C1(C)C. The summed E-state index contributed by atoms with van der Waals surface area (Å²) in [6, 6.07) is 9.50. The lowest BCUT2D eigenvalue weighted by atomic mass is 9.96. The largest absolute Gasteiger partial charge is 0.310 e. The second-order valence-corrected chi connectivity index (χ2v) is 6.87. The number of nitrogens with one attached hydrogen (secondary N) is 1. The summed E-state index contributed by atoms with van der Waals surface area (Å²) in [6.07, 6.45) is 0. The molecule has 1 nitrogen and oxygen atoms in total. The van der Waals surface area contributed by atoms with Gasteiger partial charge in [-0.1, -0.05) is 64.4 Å². The van der Waals surface area contributed by atoms with Crippen molar-refractivity contribution in [1.29, 1.82) is 0 Å². The highest BCUT2D eigenvalue weighted by atomic mass is 15.0. The molecule has 0 radical (unpaired) electrons. The predicted molar refractivity (Wildman–Crippen MR) is 78.6 cm³/mol. The standard InChI is InChI=1S/C17H27N/c1-7-18-14(13-10-8-12(2)9-11-13)15-16(3,4)17(15,5)6/h8-11,14-15,18H,7H2,1-6H3. The van der Waals surface area contributed by atoms with Gasteiger partial charge in [0.25, 0.3) is 0 Å². The molecular weight excluding hydrogens is 218 g/mol. The Labute approximate surface area is 112 Å². The van der Waals surface area contributed by atoms with E-state index in [2.05, 4.69) is 71.1 Å². The number of aryl methyl sites for hydroxylation is 1. The summed E-state index contributed by atoms with van der Waals surface area (Å²) in [7, 11) is 0. The van der Waals surface area contributed by atoms with Crippen LogP contribution in [0.5, 0.6) is 0 Å². The minimum Gasteiger partial charge on any atom is -0.310 e. The summed E-state index contributed by atoms with van der Waals surface area (Å²) in [4.78, 5) is 0. The molecule has 0 spiro atoms. The van der Waals surface area contributed by atoms with Crippen molar-refractivity contribution in [1.82, 2.24) is 5.32 Å². The smallest absolute Gasteiger partial charge is 0.0359 e. The van der Waals surface area contributed by atoms with Crippen LogP contribution in [0.1, 0.15) is 51.8 Å². The third kappa shape index (κ3) is 1.99.